The lowest BCUT2D eigenvalue weighted by Gasteiger charge is -1.99. The zero-order valence-electron chi connectivity index (χ0n) is 13.8. The summed E-state index contributed by atoms with van der Waals surface area (Å²) in [7, 11) is 0. The third-order valence-electron chi connectivity index (χ3n) is 4.34. The van der Waals surface area contributed by atoms with Crippen LogP contribution in [0.2, 0.25) is 0 Å². The number of para-hydroxylation sites is 1. The Morgan fingerprint density at radius 3 is 2.65 bits per heavy atom. The third kappa shape index (κ3) is 2.62. The normalized spacial score (nSPS) is 11.4. The molecule has 0 aliphatic heterocycles. The monoisotopic (exact) mass is 358 g/mol. The molecule has 0 amide bonds. The average molecular weight is 358 g/mol. The number of hydrogen-bond donors (Lipinski definition) is 0. The predicted molar refractivity (Wildman–Crippen MR) is 104 cm³/mol. The van der Waals surface area contributed by atoms with Crippen LogP contribution in [0, 0.1) is 0 Å². The van der Waals surface area contributed by atoms with Crippen molar-refractivity contribution in [3.05, 3.63) is 93.9 Å². The van der Waals surface area contributed by atoms with Gasteiger partial charge < -0.3 is 4.42 Å². The number of thiazole rings is 1. The quantitative estimate of drug-likeness (QED) is 0.437. The molecule has 0 aliphatic rings. The molecule has 0 saturated heterocycles. The fraction of sp³-hybridized carbons (Fsp3) is 0.0476. The van der Waals surface area contributed by atoms with Crippen molar-refractivity contribution < 1.29 is 4.42 Å². The topological polar surface area (TPSA) is 47.5 Å². The molecule has 3 heterocycles. The standard InChI is InChI=1S/C21H14N2O2S/c24-20-17(11-15-8-4-5-9-19(15)25-20)18-13-23-12-16(26-21(23)22-18)10-14-6-2-1-3-7-14/h1-9,11-13H,10H2. The van der Waals surface area contributed by atoms with Crippen LogP contribution in [0.5, 0.6) is 0 Å². The van der Waals surface area contributed by atoms with Gasteiger partial charge in [-0.15, -0.1) is 11.3 Å². The van der Waals surface area contributed by atoms with Gasteiger partial charge in [0.15, 0.2) is 4.96 Å². The highest BCUT2D eigenvalue weighted by molar-refractivity contribution is 7.17. The van der Waals surface area contributed by atoms with E-state index < -0.39 is 0 Å². The van der Waals surface area contributed by atoms with Gasteiger partial charge in [0.05, 0.1) is 11.3 Å². The van der Waals surface area contributed by atoms with Crippen molar-refractivity contribution >= 4 is 27.3 Å². The maximum Gasteiger partial charge on any atom is 0.345 e. The van der Waals surface area contributed by atoms with E-state index in [9.17, 15) is 4.79 Å². The minimum absolute atomic E-state index is 0.362. The minimum Gasteiger partial charge on any atom is -0.422 e. The zero-order valence-corrected chi connectivity index (χ0v) is 14.6. The van der Waals surface area contributed by atoms with E-state index in [-0.39, 0.29) is 5.63 Å². The summed E-state index contributed by atoms with van der Waals surface area (Å²) in [5, 5.41) is 0.892. The molecular formula is C21H14N2O2S. The van der Waals surface area contributed by atoms with Gasteiger partial charge in [-0.25, -0.2) is 9.78 Å². The molecule has 0 unspecified atom stereocenters. The molecule has 126 valence electrons. The molecule has 0 fully saturated rings. The molecular weight excluding hydrogens is 344 g/mol. The second kappa shape index (κ2) is 5.97. The molecule has 5 aromatic rings. The first kappa shape index (κ1) is 15.1. The van der Waals surface area contributed by atoms with Gasteiger partial charge in [0.25, 0.3) is 0 Å². The molecule has 5 rings (SSSR count). The van der Waals surface area contributed by atoms with Gasteiger partial charge in [0.1, 0.15) is 5.58 Å². The Labute approximate surface area is 153 Å². The maximum absolute atomic E-state index is 12.3. The lowest BCUT2D eigenvalue weighted by molar-refractivity contribution is 0.563. The van der Waals surface area contributed by atoms with Crippen LogP contribution in [0.1, 0.15) is 10.4 Å². The van der Waals surface area contributed by atoms with E-state index in [0.717, 1.165) is 16.8 Å². The van der Waals surface area contributed by atoms with E-state index in [1.165, 1.54) is 10.4 Å². The lowest BCUT2D eigenvalue weighted by atomic mass is 10.1. The van der Waals surface area contributed by atoms with Crippen LogP contribution < -0.4 is 5.63 Å². The molecule has 0 aliphatic carbocycles. The number of fused-ring (bicyclic) bond motifs is 2. The van der Waals surface area contributed by atoms with Gasteiger partial charge in [-0.1, -0.05) is 48.5 Å². The first-order valence-electron chi connectivity index (χ1n) is 8.31. The molecule has 2 aromatic carbocycles. The van der Waals surface area contributed by atoms with Crippen molar-refractivity contribution in [3.8, 4) is 11.3 Å². The minimum atomic E-state index is -0.362. The second-order valence-corrected chi connectivity index (χ2v) is 7.25. The predicted octanol–water partition coefficient (Wildman–Crippen LogP) is 4.76. The van der Waals surface area contributed by atoms with Gasteiger partial charge in [-0.2, -0.15) is 0 Å². The number of hydrogen-bond acceptors (Lipinski definition) is 4. The first-order chi connectivity index (χ1) is 12.8. The van der Waals surface area contributed by atoms with Gasteiger partial charge in [0, 0.05) is 29.1 Å². The van der Waals surface area contributed by atoms with Gasteiger partial charge in [-0.3, -0.25) is 4.40 Å². The molecule has 0 N–H and O–H groups in total. The fourth-order valence-corrected chi connectivity index (χ4v) is 4.09. The highest BCUT2D eigenvalue weighted by Crippen LogP contribution is 2.25. The van der Waals surface area contributed by atoms with Crippen LogP contribution in [0.3, 0.4) is 0 Å². The Morgan fingerprint density at radius 2 is 1.81 bits per heavy atom. The molecule has 4 nitrogen and oxygen atoms in total. The third-order valence-corrected chi connectivity index (χ3v) is 5.34. The molecule has 0 saturated carbocycles. The summed E-state index contributed by atoms with van der Waals surface area (Å²) in [6.45, 7) is 0. The molecule has 3 aromatic heterocycles. The SMILES string of the molecule is O=c1oc2ccccc2cc1-c1cn2cc(Cc3ccccc3)sc2n1. The summed E-state index contributed by atoms with van der Waals surface area (Å²) in [5.41, 5.74) is 2.63. The molecule has 26 heavy (non-hydrogen) atoms. The summed E-state index contributed by atoms with van der Waals surface area (Å²) in [6.07, 6.45) is 4.84. The van der Waals surface area contributed by atoms with Crippen LogP contribution in [0.25, 0.3) is 27.2 Å². The summed E-state index contributed by atoms with van der Waals surface area (Å²) < 4.78 is 7.40. The van der Waals surface area contributed by atoms with Crippen LogP contribution in [-0.2, 0) is 6.42 Å². The van der Waals surface area contributed by atoms with E-state index in [4.69, 9.17) is 4.42 Å². The molecule has 0 atom stereocenters. The number of rotatable bonds is 3. The second-order valence-electron chi connectivity index (χ2n) is 6.16. The van der Waals surface area contributed by atoms with Crippen molar-refractivity contribution in [2.75, 3.05) is 0 Å². The molecule has 0 bridgehead atoms. The number of aromatic nitrogens is 2. The van der Waals surface area contributed by atoms with E-state index in [2.05, 4.69) is 23.3 Å². The zero-order chi connectivity index (χ0) is 17.5. The number of nitrogens with zero attached hydrogens (tertiary/aromatic N) is 2. The number of imidazole rings is 1. The summed E-state index contributed by atoms with van der Waals surface area (Å²) in [5.74, 6) is 0. The Kier molecular flexibility index (Phi) is 3.47. The van der Waals surface area contributed by atoms with Crippen molar-refractivity contribution in [1.29, 1.82) is 0 Å². The van der Waals surface area contributed by atoms with Gasteiger partial charge in [-0.05, 0) is 17.7 Å². The summed E-state index contributed by atoms with van der Waals surface area (Å²) in [6, 6.07) is 19.7. The molecule has 0 spiro atoms. The average Bonchev–Trinajstić information content (AvgIpc) is 3.20. The number of benzene rings is 2. The van der Waals surface area contributed by atoms with Gasteiger partial charge >= 0.3 is 5.63 Å². The highest BCUT2D eigenvalue weighted by atomic mass is 32.1. The lowest BCUT2D eigenvalue weighted by Crippen LogP contribution is -2.02. The van der Waals surface area contributed by atoms with E-state index in [1.807, 2.05) is 53.1 Å². The van der Waals surface area contributed by atoms with Crippen molar-refractivity contribution in [3.63, 3.8) is 0 Å². The first-order valence-corrected chi connectivity index (χ1v) is 9.12. The fourth-order valence-electron chi connectivity index (χ4n) is 3.09. The van der Waals surface area contributed by atoms with Crippen LogP contribution in [0.15, 0.2) is 82.3 Å². The Hall–Kier alpha value is -3.18. The largest absolute Gasteiger partial charge is 0.422 e. The highest BCUT2D eigenvalue weighted by Gasteiger charge is 2.13. The Morgan fingerprint density at radius 1 is 1.00 bits per heavy atom. The Bertz CT molecular complexity index is 1250. The van der Waals surface area contributed by atoms with Gasteiger partial charge in [0.2, 0.25) is 0 Å². The maximum atomic E-state index is 12.3. The summed E-state index contributed by atoms with van der Waals surface area (Å²) in [4.78, 5) is 19.1. The van der Waals surface area contributed by atoms with Crippen molar-refractivity contribution in [2.24, 2.45) is 0 Å². The van der Waals surface area contributed by atoms with Crippen LogP contribution in [0.4, 0.5) is 0 Å². The van der Waals surface area contributed by atoms with Crippen molar-refractivity contribution in [1.82, 2.24) is 9.38 Å². The molecule has 0 radical (unpaired) electrons. The van der Waals surface area contributed by atoms with E-state index >= 15 is 0 Å². The van der Waals surface area contributed by atoms with E-state index in [1.54, 1.807) is 17.4 Å². The van der Waals surface area contributed by atoms with E-state index in [0.29, 0.717) is 16.8 Å². The molecule has 5 heteroatoms. The van der Waals surface area contributed by atoms with Crippen molar-refractivity contribution in [2.45, 2.75) is 6.42 Å². The summed E-state index contributed by atoms with van der Waals surface area (Å²) >= 11 is 1.64. The Balaban J connectivity index is 1.53. The van der Waals surface area contributed by atoms with Crippen LogP contribution >= 0.6 is 11.3 Å². The van der Waals surface area contributed by atoms with Crippen LogP contribution in [-0.4, -0.2) is 9.38 Å². The smallest absolute Gasteiger partial charge is 0.345 e.